The van der Waals surface area contributed by atoms with Crippen molar-refractivity contribution < 1.29 is 74.7 Å². The third kappa shape index (κ3) is 9.68. The maximum absolute atomic E-state index is 4.67. The molecule has 0 radical (unpaired) electrons. The van der Waals surface area contributed by atoms with Crippen LogP contribution in [0, 0.1) is 73.2 Å². The van der Waals surface area contributed by atoms with E-state index >= 15 is 0 Å². The molecule has 0 amide bonds. The van der Waals surface area contributed by atoms with Gasteiger partial charge in [-0.25, -0.2) is 0 Å². The molecule has 0 aliphatic carbocycles. The summed E-state index contributed by atoms with van der Waals surface area (Å²) in [6, 6.07) is 0. The van der Waals surface area contributed by atoms with Gasteiger partial charge in [0, 0.05) is 37.3 Å². The summed E-state index contributed by atoms with van der Waals surface area (Å²) in [6.07, 6.45) is 0.347. The third-order valence-corrected chi connectivity index (χ3v) is 1.01. The van der Waals surface area contributed by atoms with E-state index < -0.39 is 0 Å². The monoisotopic (exact) mass is 391 g/mol. The van der Waals surface area contributed by atoms with Crippen molar-refractivity contribution in [2.75, 3.05) is 0 Å². The molecule has 0 saturated carbocycles. The molecule has 0 aromatic carbocycles. The van der Waals surface area contributed by atoms with E-state index in [0.717, 1.165) is 0 Å². The topological polar surface area (TPSA) is 9.23 Å². The number of hydrogen-bond acceptors (Lipinski definition) is 1. The summed E-state index contributed by atoms with van der Waals surface area (Å²) >= 11 is 2.19. The molecule has 6 heavy (non-hydrogen) atoms. The van der Waals surface area contributed by atoms with Crippen LogP contribution in [0.2, 0.25) is 0 Å². The van der Waals surface area contributed by atoms with E-state index in [0.29, 0.717) is 6.10 Å². The van der Waals surface area contributed by atoms with E-state index in [1.807, 2.05) is 13.8 Å². The summed E-state index contributed by atoms with van der Waals surface area (Å²) in [5.74, 6) is 0. The molecule has 1 nitrogen and oxygen atoms in total. The molecule has 0 heterocycles. The van der Waals surface area contributed by atoms with Gasteiger partial charge in [-0.2, -0.15) is 0 Å². The molecule has 49 valence electrons. The summed E-state index contributed by atoms with van der Waals surface area (Å²) in [4.78, 5) is 0. The summed E-state index contributed by atoms with van der Waals surface area (Å²) in [5, 5.41) is 0. The van der Waals surface area contributed by atoms with E-state index in [-0.39, 0.29) is 37.3 Å². The van der Waals surface area contributed by atoms with Gasteiger partial charge in [0.25, 0.3) is 0 Å². The van der Waals surface area contributed by atoms with Crippen molar-refractivity contribution in [1.29, 1.82) is 0 Å². The minimum Gasteiger partial charge on any atom is 0 e. The number of rotatable bonds is 1. The zero-order valence-electron chi connectivity index (χ0n) is 3.56. The van der Waals surface area contributed by atoms with E-state index in [9.17, 15) is 0 Å². The number of hydrogen-bond donors (Lipinski definition) is 0. The van der Waals surface area contributed by atoms with Crippen LogP contribution >= 0.6 is 0 Å². The van der Waals surface area contributed by atoms with Gasteiger partial charge >= 0.3 is 57.4 Å². The minimum atomic E-state index is 0. The average Bonchev–Trinajstić information content (AvgIpc) is 1.38. The van der Waals surface area contributed by atoms with Crippen molar-refractivity contribution in [3.8, 4) is 0 Å². The molecule has 0 atom stereocenters. The predicted octanol–water partition coefficient (Wildman–Crippen LogP) is 0.876. The van der Waals surface area contributed by atoms with Crippen molar-refractivity contribution in [1.82, 2.24) is 0 Å². The Kier molecular flexibility index (Phi) is 14.0. The SMILES string of the molecule is CC(C)[O][Er].[Er]. The van der Waals surface area contributed by atoms with Crippen LogP contribution in [0.3, 0.4) is 0 Å². The van der Waals surface area contributed by atoms with E-state index in [4.69, 9.17) is 0 Å². The first-order chi connectivity index (χ1) is 2.27. The average molecular weight is 394 g/mol. The van der Waals surface area contributed by atoms with Crippen LogP contribution < -0.4 is 0 Å². The largest absolute Gasteiger partial charge is 0 e. The second kappa shape index (κ2) is 7.45. The van der Waals surface area contributed by atoms with Crippen LogP contribution in [0.15, 0.2) is 0 Å². The fourth-order valence-corrected chi connectivity index (χ4v) is 0. The molecule has 0 aliphatic rings. The molecule has 3 heteroatoms. The maximum Gasteiger partial charge on any atom is 0 e. The second-order valence-electron chi connectivity index (χ2n) is 1.12. The van der Waals surface area contributed by atoms with Crippen LogP contribution in [0.4, 0.5) is 0 Å². The first kappa shape index (κ1) is 11.3. The Morgan fingerprint density at radius 2 is 1.67 bits per heavy atom. The fraction of sp³-hybridized carbons (Fsp3) is 1.00. The Labute approximate surface area is 92.7 Å². The Morgan fingerprint density at radius 1 is 1.50 bits per heavy atom. The maximum atomic E-state index is 4.67. The van der Waals surface area contributed by atoms with Crippen molar-refractivity contribution in [3.63, 3.8) is 0 Å². The zero-order valence-corrected chi connectivity index (χ0v) is 7.27. The summed E-state index contributed by atoms with van der Waals surface area (Å²) in [7, 11) is 0. The van der Waals surface area contributed by atoms with Crippen LogP contribution in [0.5, 0.6) is 0 Å². The summed E-state index contributed by atoms with van der Waals surface area (Å²) in [6.45, 7) is 3.96. The molecule has 0 spiro atoms. The molecule has 0 aliphatic heterocycles. The van der Waals surface area contributed by atoms with Gasteiger partial charge in [-0.05, 0) is 0 Å². The Hall–Kier alpha value is 2.45. The van der Waals surface area contributed by atoms with Crippen LogP contribution in [-0.4, -0.2) is 6.10 Å². The van der Waals surface area contributed by atoms with Crippen LogP contribution in [0.25, 0.3) is 0 Å². The van der Waals surface area contributed by atoms with E-state index in [2.05, 4.69) is 37.4 Å². The molecule has 0 aromatic rings. The van der Waals surface area contributed by atoms with Gasteiger partial charge in [0.1, 0.15) is 0 Å². The normalized spacial score (nSPS) is 8.17. The molecule has 0 bridgehead atoms. The van der Waals surface area contributed by atoms with Crippen molar-refractivity contribution in [3.05, 3.63) is 0 Å². The molecule has 0 unspecified atom stereocenters. The molecule has 0 N–H and O–H groups in total. The Balaban J connectivity index is 0. The van der Waals surface area contributed by atoms with Gasteiger partial charge in [-0.3, -0.25) is 0 Å². The Bertz CT molecular complexity index is 22.8. The van der Waals surface area contributed by atoms with Gasteiger partial charge in [0.2, 0.25) is 0 Å². The van der Waals surface area contributed by atoms with Crippen LogP contribution in [-0.2, 0) is 1.50 Å². The third-order valence-electron chi connectivity index (χ3n) is 0.136. The fourth-order valence-electron chi connectivity index (χ4n) is 0. The van der Waals surface area contributed by atoms with Crippen molar-refractivity contribution in [2.45, 2.75) is 20.0 Å². The molecular weight excluding hydrogens is 387 g/mol. The molecule has 0 aromatic heterocycles. The van der Waals surface area contributed by atoms with E-state index in [1.165, 1.54) is 0 Å². The molecule has 0 saturated heterocycles. The summed E-state index contributed by atoms with van der Waals surface area (Å²) in [5.41, 5.74) is 0. The first-order valence-electron chi connectivity index (χ1n) is 1.51. The Morgan fingerprint density at radius 3 is 1.67 bits per heavy atom. The summed E-state index contributed by atoms with van der Waals surface area (Å²) < 4.78 is 4.67. The van der Waals surface area contributed by atoms with E-state index in [1.54, 1.807) is 0 Å². The smallest absolute Gasteiger partial charge is 0 e. The van der Waals surface area contributed by atoms with Gasteiger partial charge in [0.15, 0.2) is 0 Å². The second-order valence-corrected chi connectivity index (χ2v) is 1.55. The predicted molar refractivity (Wildman–Crippen MR) is 16.2 cm³/mol. The van der Waals surface area contributed by atoms with Crippen LogP contribution in [0.1, 0.15) is 13.8 Å². The van der Waals surface area contributed by atoms with Gasteiger partial charge in [-0.15, -0.1) is 0 Å². The van der Waals surface area contributed by atoms with Crippen molar-refractivity contribution >= 4 is 0 Å². The van der Waals surface area contributed by atoms with Gasteiger partial charge < -0.3 is 0 Å². The standard InChI is InChI=1S/C3H7O.2Er/c1-3(2)4;;/h3H,1-2H3;;/q-1;;+1. The molecular formula is C3H7Er2O. The first-order valence-corrected chi connectivity index (χ1v) is 2.26. The molecule has 0 fully saturated rings. The van der Waals surface area contributed by atoms with Gasteiger partial charge in [-0.1, -0.05) is 0 Å². The van der Waals surface area contributed by atoms with Crippen molar-refractivity contribution in [2.24, 2.45) is 0 Å². The minimum absolute atomic E-state index is 0. The zero-order chi connectivity index (χ0) is 4.28. The molecule has 0 rings (SSSR count). The van der Waals surface area contributed by atoms with Gasteiger partial charge in [0.05, 0.1) is 0 Å². The quantitative estimate of drug-likeness (QED) is 0.643.